The number of alkyl halides is 3. The number of hydrogen-bond acceptors (Lipinski definition) is 4. The molecule has 0 unspecified atom stereocenters. The van der Waals surface area contributed by atoms with Gasteiger partial charge in [-0.05, 0) is 31.5 Å². The number of benzene rings is 1. The first kappa shape index (κ1) is 20.8. The standard InChI is InChI=1S/C12H16F4N2O4S2/c1-2-23(19,20)17-6-3-7-18-24(21,22)9-4-5-11(13)10(8-9)12(14,15)16/h4-5,8,17-18H,2-3,6-7H2,1H3. The summed E-state index contributed by atoms with van der Waals surface area (Å²) in [7, 11) is -7.68. The Morgan fingerprint density at radius 3 is 2.17 bits per heavy atom. The molecule has 0 heterocycles. The number of halogens is 4. The summed E-state index contributed by atoms with van der Waals surface area (Å²) in [5, 5.41) is 0. The number of hydrogen-bond donors (Lipinski definition) is 2. The van der Waals surface area contributed by atoms with Crippen LogP contribution >= 0.6 is 0 Å². The Hall–Kier alpha value is -1.24. The minimum atomic E-state index is -5.02. The molecule has 0 saturated heterocycles. The highest BCUT2D eigenvalue weighted by atomic mass is 32.2. The van der Waals surface area contributed by atoms with Crippen molar-refractivity contribution in [1.82, 2.24) is 9.44 Å². The van der Waals surface area contributed by atoms with Gasteiger partial charge in [0.25, 0.3) is 0 Å². The fourth-order valence-corrected chi connectivity index (χ4v) is 3.36. The van der Waals surface area contributed by atoms with Crippen LogP contribution in [0.3, 0.4) is 0 Å². The smallest absolute Gasteiger partial charge is 0.215 e. The normalized spacial score (nSPS) is 13.2. The van der Waals surface area contributed by atoms with Crippen molar-refractivity contribution in [1.29, 1.82) is 0 Å². The predicted octanol–water partition coefficient (Wildman–Crippen LogP) is 1.45. The lowest BCUT2D eigenvalue weighted by Gasteiger charge is -2.11. The number of nitrogens with one attached hydrogen (secondary N) is 2. The van der Waals surface area contributed by atoms with E-state index >= 15 is 0 Å². The average Bonchev–Trinajstić information content (AvgIpc) is 2.45. The van der Waals surface area contributed by atoms with Gasteiger partial charge in [-0.15, -0.1) is 0 Å². The van der Waals surface area contributed by atoms with Gasteiger partial charge in [0, 0.05) is 13.1 Å². The van der Waals surface area contributed by atoms with Gasteiger partial charge in [0.2, 0.25) is 20.0 Å². The third kappa shape index (κ3) is 6.00. The van der Waals surface area contributed by atoms with Gasteiger partial charge < -0.3 is 0 Å². The molecule has 0 saturated carbocycles. The minimum Gasteiger partial charge on any atom is -0.215 e. The zero-order chi connectivity index (χ0) is 18.6. The van der Waals surface area contributed by atoms with Gasteiger partial charge in [0.15, 0.2) is 0 Å². The summed E-state index contributed by atoms with van der Waals surface area (Å²) in [5.41, 5.74) is -1.68. The number of sulfonamides is 2. The van der Waals surface area contributed by atoms with Crippen LogP contribution in [-0.2, 0) is 26.2 Å². The van der Waals surface area contributed by atoms with Crippen LogP contribution in [0, 0.1) is 5.82 Å². The summed E-state index contributed by atoms with van der Waals surface area (Å²) in [6.45, 7) is 1.20. The van der Waals surface area contributed by atoms with Crippen molar-refractivity contribution in [2.45, 2.75) is 24.4 Å². The van der Waals surface area contributed by atoms with Crippen molar-refractivity contribution in [3.8, 4) is 0 Å². The van der Waals surface area contributed by atoms with Gasteiger partial charge in [-0.25, -0.2) is 30.7 Å². The molecule has 0 spiro atoms. The summed E-state index contributed by atoms with van der Waals surface area (Å²) >= 11 is 0. The summed E-state index contributed by atoms with van der Waals surface area (Å²) in [5.74, 6) is -1.70. The average molecular weight is 392 g/mol. The Balaban J connectivity index is 2.73. The van der Waals surface area contributed by atoms with E-state index in [2.05, 4.69) is 4.72 Å². The molecule has 0 aliphatic carbocycles. The van der Waals surface area contributed by atoms with Gasteiger partial charge in [0.05, 0.1) is 16.2 Å². The molecule has 0 amide bonds. The van der Waals surface area contributed by atoms with E-state index < -0.39 is 42.5 Å². The van der Waals surface area contributed by atoms with Crippen molar-refractivity contribution in [2.75, 3.05) is 18.8 Å². The van der Waals surface area contributed by atoms with Crippen molar-refractivity contribution < 1.29 is 34.4 Å². The van der Waals surface area contributed by atoms with E-state index in [1.54, 1.807) is 0 Å². The molecule has 0 aliphatic rings. The first-order valence-electron chi connectivity index (χ1n) is 6.73. The largest absolute Gasteiger partial charge is 0.419 e. The fourth-order valence-electron chi connectivity index (χ4n) is 1.60. The first-order chi connectivity index (χ1) is 10.9. The zero-order valence-electron chi connectivity index (χ0n) is 12.5. The van der Waals surface area contributed by atoms with Gasteiger partial charge in [-0.3, -0.25) is 0 Å². The quantitative estimate of drug-likeness (QED) is 0.517. The molecule has 0 fully saturated rings. The molecule has 0 aliphatic heterocycles. The molecule has 0 atom stereocenters. The highest BCUT2D eigenvalue weighted by Gasteiger charge is 2.35. The lowest BCUT2D eigenvalue weighted by atomic mass is 10.2. The summed E-state index contributed by atoms with van der Waals surface area (Å²) < 4.78 is 101. The Kier molecular flexibility index (Phi) is 6.73. The van der Waals surface area contributed by atoms with Crippen molar-refractivity contribution in [2.24, 2.45) is 0 Å². The van der Waals surface area contributed by atoms with Crippen molar-refractivity contribution >= 4 is 20.0 Å². The molecule has 24 heavy (non-hydrogen) atoms. The Morgan fingerprint density at radius 1 is 1.04 bits per heavy atom. The maximum absolute atomic E-state index is 13.2. The van der Waals surface area contributed by atoms with Crippen LogP contribution in [0.5, 0.6) is 0 Å². The molecule has 138 valence electrons. The van der Waals surface area contributed by atoms with Crippen LogP contribution in [-0.4, -0.2) is 35.7 Å². The second-order valence-electron chi connectivity index (χ2n) is 4.69. The lowest BCUT2D eigenvalue weighted by molar-refractivity contribution is -0.140. The first-order valence-corrected chi connectivity index (χ1v) is 9.86. The molecular weight excluding hydrogens is 376 g/mol. The van der Waals surface area contributed by atoms with E-state index in [-0.39, 0.29) is 31.3 Å². The maximum atomic E-state index is 13.2. The second-order valence-corrected chi connectivity index (χ2v) is 8.55. The van der Waals surface area contributed by atoms with Crippen LogP contribution in [0.25, 0.3) is 0 Å². The number of rotatable bonds is 8. The molecule has 0 bridgehead atoms. The molecule has 1 aromatic carbocycles. The van der Waals surface area contributed by atoms with Crippen LogP contribution in [0.2, 0.25) is 0 Å². The zero-order valence-corrected chi connectivity index (χ0v) is 14.2. The van der Waals surface area contributed by atoms with Crippen LogP contribution in [0.4, 0.5) is 17.6 Å². The Morgan fingerprint density at radius 2 is 1.62 bits per heavy atom. The third-order valence-electron chi connectivity index (χ3n) is 2.90. The molecule has 0 radical (unpaired) electrons. The molecule has 12 heteroatoms. The molecular formula is C12H16F4N2O4S2. The maximum Gasteiger partial charge on any atom is 0.419 e. The van der Waals surface area contributed by atoms with Crippen LogP contribution in [0.1, 0.15) is 18.9 Å². The predicted molar refractivity (Wildman–Crippen MR) is 78.7 cm³/mol. The fraction of sp³-hybridized carbons (Fsp3) is 0.500. The topological polar surface area (TPSA) is 92.3 Å². The highest BCUT2D eigenvalue weighted by Crippen LogP contribution is 2.32. The summed E-state index contributed by atoms with van der Waals surface area (Å²) in [6.07, 6.45) is -4.93. The molecule has 1 aromatic rings. The van der Waals surface area contributed by atoms with Crippen molar-refractivity contribution in [3.63, 3.8) is 0 Å². The molecule has 6 nitrogen and oxygen atoms in total. The van der Waals surface area contributed by atoms with Crippen molar-refractivity contribution in [3.05, 3.63) is 29.6 Å². The third-order valence-corrected chi connectivity index (χ3v) is 5.76. The molecule has 1 rings (SSSR count). The van der Waals surface area contributed by atoms with E-state index in [0.717, 1.165) is 0 Å². The van der Waals surface area contributed by atoms with E-state index in [4.69, 9.17) is 0 Å². The summed E-state index contributed by atoms with van der Waals surface area (Å²) in [6, 6.07) is 1.34. The molecule has 0 aromatic heterocycles. The van der Waals surface area contributed by atoms with E-state index in [0.29, 0.717) is 12.1 Å². The van der Waals surface area contributed by atoms with Crippen LogP contribution in [0.15, 0.2) is 23.1 Å². The molecule has 2 N–H and O–H groups in total. The van der Waals surface area contributed by atoms with E-state index in [1.165, 1.54) is 6.92 Å². The summed E-state index contributed by atoms with van der Waals surface area (Å²) in [4.78, 5) is -0.731. The van der Waals surface area contributed by atoms with Crippen LogP contribution < -0.4 is 9.44 Å². The van der Waals surface area contributed by atoms with Gasteiger partial charge in [-0.1, -0.05) is 0 Å². The highest BCUT2D eigenvalue weighted by molar-refractivity contribution is 7.89. The van der Waals surface area contributed by atoms with Gasteiger partial charge >= 0.3 is 6.18 Å². The van der Waals surface area contributed by atoms with Gasteiger partial charge in [-0.2, -0.15) is 13.2 Å². The monoisotopic (exact) mass is 392 g/mol. The van der Waals surface area contributed by atoms with E-state index in [1.807, 2.05) is 4.72 Å². The minimum absolute atomic E-state index is 0.0318. The van der Waals surface area contributed by atoms with E-state index in [9.17, 15) is 34.4 Å². The lowest BCUT2D eigenvalue weighted by Crippen LogP contribution is -2.30. The second kappa shape index (κ2) is 7.76. The SMILES string of the molecule is CCS(=O)(=O)NCCCNS(=O)(=O)c1ccc(F)c(C(F)(F)F)c1. The Bertz CT molecular complexity index is 777. The van der Waals surface area contributed by atoms with Gasteiger partial charge in [0.1, 0.15) is 5.82 Å². The Labute approximate surface area is 137 Å².